The van der Waals surface area contributed by atoms with Crippen LogP contribution < -0.4 is 5.32 Å². The third-order valence-corrected chi connectivity index (χ3v) is 4.42. The number of aromatic nitrogens is 3. The quantitative estimate of drug-likeness (QED) is 0.529. The molecule has 0 spiro atoms. The topological polar surface area (TPSA) is 67.8 Å². The lowest BCUT2D eigenvalue weighted by atomic mass is 10.0. The Balaban J connectivity index is 1.74. The minimum atomic E-state index is -2.95. The average molecular weight is 390 g/mol. The molecule has 2 aromatic heterocycles. The molecule has 2 aromatic carbocycles. The number of nitrogens with one attached hydrogen (secondary N) is 1. The molecule has 0 saturated heterocycles. The Bertz CT molecular complexity index is 1190. The number of carbonyl (C=O) groups excluding carboxylic acids is 1. The maximum Gasteiger partial charge on any atom is 0.270 e. The van der Waals surface area contributed by atoms with Crippen LogP contribution in [0.25, 0.3) is 22.3 Å². The maximum absolute atomic E-state index is 13.7. The van der Waals surface area contributed by atoms with E-state index in [9.17, 15) is 13.6 Å². The van der Waals surface area contributed by atoms with Crippen molar-refractivity contribution in [3.8, 4) is 11.3 Å². The smallest absolute Gasteiger partial charge is 0.270 e. The van der Waals surface area contributed by atoms with Gasteiger partial charge in [-0.15, -0.1) is 0 Å². The normalized spacial score (nSPS) is 11.4. The number of rotatable bonds is 4. The molecule has 0 atom stereocenters. The van der Waals surface area contributed by atoms with Gasteiger partial charge in [0.1, 0.15) is 11.8 Å². The van der Waals surface area contributed by atoms with Gasteiger partial charge in [0.05, 0.1) is 11.2 Å². The molecule has 2 heterocycles. The minimum Gasteiger partial charge on any atom is -0.305 e. The van der Waals surface area contributed by atoms with Crippen molar-refractivity contribution in [3.63, 3.8) is 0 Å². The van der Waals surface area contributed by atoms with Gasteiger partial charge >= 0.3 is 0 Å². The summed E-state index contributed by atoms with van der Waals surface area (Å²) in [6.45, 7) is 0.852. The summed E-state index contributed by atoms with van der Waals surface area (Å²) in [5.74, 6) is -3.03. The molecule has 0 fully saturated rings. The number of pyridine rings is 1. The van der Waals surface area contributed by atoms with Crippen molar-refractivity contribution < 1.29 is 13.6 Å². The molecule has 5 nitrogen and oxygen atoms in total. The van der Waals surface area contributed by atoms with Crippen LogP contribution in [-0.4, -0.2) is 20.9 Å². The van der Waals surface area contributed by atoms with Crippen LogP contribution in [0.5, 0.6) is 0 Å². The summed E-state index contributed by atoms with van der Waals surface area (Å²) in [6.07, 6.45) is 1.34. The highest BCUT2D eigenvalue weighted by molar-refractivity contribution is 6.07. The summed E-state index contributed by atoms with van der Waals surface area (Å²) in [4.78, 5) is 25.3. The molecule has 29 heavy (non-hydrogen) atoms. The van der Waals surface area contributed by atoms with Gasteiger partial charge in [-0.3, -0.25) is 4.79 Å². The first kappa shape index (κ1) is 18.6. The zero-order valence-electron chi connectivity index (χ0n) is 15.4. The molecule has 0 aliphatic heterocycles. The summed E-state index contributed by atoms with van der Waals surface area (Å²) in [6, 6.07) is 18.2. The Labute approximate surface area is 165 Å². The largest absolute Gasteiger partial charge is 0.305 e. The van der Waals surface area contributed by atoms with Crippen LogP contribution in [0, 0.1) is 0 Å². The van der Waals surface area contributed by atoms with Crippen LogP contribution in [0.1, 0.15) is 22.8 Å². The van der Waals surface area contributed by atoms with Crippen molar-refractivity contribution in [1.29, 1.82) is 0 Å². The Morgan fingerprint density at radius 1 is 0.966 bits per heavy atom. The number of hydrogen-bond acceptors (Lipinski definition) is 4. The second kappa shape index (κ2) is 7.35. The lowest BCUT2D eigenvalue weighted by Crippen LogP contribution is -2.13. The average Bonchev–Trinajstić information content (AvgIpc) is 2.74. The van der Waals surface area contributed by atoms with Crippen molar-refractivity contribution in [2.24, 2.45) is 0 Å². The molecule has 4 rings (SSSR count). The number of amides is 1. The fourth-order valence-corrected chi connectivity index (χ4v) is 2.91. The molecule has 4 aromatic rings. The van der Waals surface area contributed by atoms with E-state index in [1.807, 2.05) is 6.07 Å². The van der Waals surface area contributed by atoms with Gasteiger partial charge in [0.2, 0.25) is 0 Å². The molecular formula is C22H16F2N4O. The van der Waals surface area contributed by atoms with Crippen molar-refractivity contribution in [3.05, 3.63) is 84.2 Å². The SMILES string of the molecule is CC(F)(F)c1cccc(-c2ccc3ncnc(NC(=O)c4ccccc4)c3n2)c1. The van der Waals surface area contributed by atoms with E-state index in [0.29, 0.717) is 27.9 Å². The molecule has 1 amide bonds. The second-order valence-electron chi connectivity index (χ2n) is 6.58. The molecular weight excluding hydrogens is 374 g/mol. The van der Waals surface area contributed by atoms with Crippen LogP contribution in [0.2, 0.25) is 0 Å². The molecule has 0 saturated carbocycles. The van der Waals surface area contributed by atoms with Crippen LogP contribution in [0.4, 0.5) is 14.6 Å². The van der Waals surface area contributed by atoms with E-state index in [-0.39, 0.29) is 17.3 Å². The summed E-state index contributed by atoms with van der Waals surface area (Å²) >= 11 is 0. The summed E-state index contributed by atoms with van der Waals surface area (Å²) < 4.78 is 27.4. The van der Waals surface area contributed by atoms with E-state index >= 15 is 0 Å². The van der Waals surface area contributed by atoms with Crippen molar-refractivity contribution >= 4 is 22.8 Å². The predicted molar refractivity (Wildman–Crippen MR) is 107 cm³/mol. The molecule has 144 valence electrons. The van der Waals surface area contributed by atoms with Gasteiger partial charge in [0, 0.05) is 23.6 Å². The Kier molecular flexibility index (Phi) is 4.72. The highest BCUT2D eigenvalue weighted by Crippen LogP contribution is 2.31. The number of carbonyl (C=O) groups is 1. The zero-order chi connectivity index (χ0) is 20.4. The number of halogens is 2. The number of alkyl halides is 2. The Morgan fingerprint density at radius 3 is 2.52 bits per heavy atom. The van der Waals surface area contributed by atoms with Gasteiger partial charge in [-0.05, 0) is 30.3 Å². The maximum atomic E-state index is 13.7. The van der Waals surface area contributed by atoms with Gasteiger partial charge in [-0.25, -0.2) is 23.7 Å². The number of anilines is 1. The molecule has 0 aliphatic carbocycles. The molecule has 0 aliphatic rings. The lowest BCUT2D eigenvalue weighted by molar-refractivity contribution is 0.0175. The van der Waals surface area contributed by atoms with Gasteiger partial charge in [0.25, 0.3) is 11.8 Å². The minimum absolute atomic E-state index is 0.0983. The fraction of sp³-hybridized carbons (Fsp3) is 0.0909. The third kappa shape index (κ3) is 3.94. The van der Waals surface area contributed by atoms with Crippen LogP contribution in [0.15, 0.2) is 73.1 Å². The first-order chi connectivity index (χ1) is 13.9. The van der Waals surface area contributed by atoms with Crippen LogP contribution >= 0.6 is 0 Å². The van der Waals surface area contributed by atoms with E-state index in [1.165, 1.54) is 18.5 Å². The molecule has 7 heteroatoms. The van der Waals surface area contributed by atoms with E-state index in [0.717, 1.165) is 6.92 Å². The van der Waals surface area contributed by atoms with Gasteiger partial charge in [-0.1, -0.05) is 36.4 Å². The number of fused-ring (bicyclic) bond motifs is 1. The van der Waals surface area contributed by atoms with E-state index in [4.69, 9.17) is 0 Å². The highest BCUT2D eigenvalue weighted by atomic mass is 19.3. The zero-order valence-corrected chi connectivity index (χ0v) is 15.4. The second-order valence-corrected chi connectivity index (χ2v) is 6.58. The summed E-state index contributed by atoms with van der Waals surface area (Å²) in [5.41, 5.74) is 2.31. The van der Waals surface area contributed by atoms with Crippen LogP contribution in [-0.2, 0) is 5.92 Å². The first-order valence-electron chi connectivity index (χ1n) is 8.89. The Hall–Kier alpha value is -3.74. The monoisotopic (exact) mass is 390 g/mol. The summed E-state index contributed by atoms with van der Waals surface area (Å²) in [7, 11) is 0. The molecule has 1 N–H and O–H groups in total. The van der Waals surface area contributed by atoms with Gasteiger partial charge < -0.3 is 5.32 Å². The van der Waals surface area contributed by atoms with Crippen molar-refractivity contribution in [1.82, 2.24) is 15.0 Å². The number of nitrogens with zero attached hydrogens (tertiary/aromatic N) is 3. The molecule has 0 unspecified atom stereocenters. The fourth-order valence-electron chi connectivity index (χ4n) is 2.91. The molecule has 0 bridgehead atoms. The van der Waals surface area contributed by atoms with E-state index in [2.05, 4.69) is 20.3 Å². The van der Waals surface area contributed by atoms with Crippen LogP contribution in [0.3, 0.4) is 0 Å². The predicted octanol–water partition coefficient (Wildman–Crippen LogP) is 5.06. The van der Waals surface area contributed by atoms with Crippen molar-refractivity contribution in [2.75, 3.05) is 5.32 Å². The van der Waals surface area contributed by atoms with E-state index in [1.54, 1.807) is 48.5 Å². The van der Waals surface area contributed by atoms with Gasteiger partial charge in [-0.2, -0.15) is 0 Å². The van der Waals surface area contributed by atoms with E-state index < -0.39 is 5.92 Å². The standard InChI is InChI=1S/C22H16F2N4O/c1-22(23,24)16-9-5-8-15(12-16)17-10-11-18-19(27-17)20(26-13-25-18)28-21(29)14-6-3-2-4-7-14/h2-13H,1H3,(H,25,26,28,29). The number of benzene rings is 2. The lowest BCUT2D eigenvalue weighted by Gasteiger charge is -2.12. The first-order valence-corrected chi connectivity index (χ1v) is 8.89. The summed E-state index contributed by atoms with van der Waals surface area (Å²) in [5, 5.41) is 2.74. The number of hydrogen-bond donors (Lipinski definition) is 1. The highest BCUT2D eigenvalue weighted by Gasteiger charge is 2.24. The third-order valence-electron chi connectivity index (χ3n) is 4.42. The molecule has 0 radical (unpaired) electrons. The van der Waals surface area contributed by atoms with Gasteiger partial charge in [0.15, 0.2) is 5.82 Å². The Morgan fingerprint density at radius 2 is 1.76 bits per heavy atom. The van der Waals surface area contributed by atoms with Crippen molar-refractivity contribution in [2.45, 2.75) is 12.8 Å².